The Morgan fingerprint density at radius 2 is 2.08 bits per heavy atom. The third-order valence-electron chi connectivity index (χ3n) is 1.76. The lowest BCUT2D eigenvalue weighted by atomic mass is 10.0. The zero-order chi connectivity index (χ0) is 9.40. The lowest BCUT2D eigenvalue weighted by molar-refractivity contribution is 0.657. The summed E-state index contributed by atoms with van der Waals surface area (Å²) in [6.45, 7) is 10.1. The minimum absolute atomic E-state index is 0.498. The maximum atomic E-state index is 3.95. The third kappa shape index (κ3) is 4.78. The van der Waals surface area contributed by atoms with Crippen molar-refractivity contribution in [1.82, 2.24) is 5.32 Å². The highest BCUT2D eigenvalue weighted by molar-refractivity contribution is 5.02. The molecule has 1 N–H and O–H groups in total. The quantitative estimate of drug-likeness (QED) is 0.617. The first-order valence-electron chi connectivity index (χ1n) is 4.40. The molecule has 1 nitrogen and oxygen atoms in total. The molecule has 68 valence electrons. The molecule has 0 spiro atoms. The average molecular weight is 165 g/mol. The van der Waals surface area contributed by atoms with Crippen molar-refractivity contribution in [3.05, 3.63) is 36.7 Å². The average Bonchev–Trinajstić information content (AvgIpc) is 2.10. The molecule has 0 aliphatic rings. The first-order valence-corrected chi connectivity index (χ1v) is 4.40. The van der Waals surface area contributed by atoms with Gasteiger partial charge >= 0.3 is 0 Å². The Morgan fingerprint density at radius 3 is 2.58 bits per heavy atom. The molecule has 0 bridgehead atoms. The second kappa shape index (κ2) is 6.71. The molecular weight excluding hydrogens is 146 g/mol. The van der Waals surface area contributed by atoms with Gasteiger partial charge < -0.3 is 5.32 Å². The topological polar surface area (TPSA) is 12.0 Å². The minimum Gasteiger partial charge on any atom is -0.366 e. The molecule has 0 radical (unpaired) electrons. The van der Waals surface area contributed by atoms with Crippen LogP contribution in [-0.2, 0) is 0 Å². The van der Waals surface area contributed by atoms with Crippen LogP contribution in [-0.4, -0.2) is 0 Å². The number of allylic oxidation sites excluding steroid dienone is 4. The van der Waals surface area contributed by atoms with Gasteiger partial charge in [0.2, 0.25) is 0 Å². The van der Waals surface area contributed by atoms with E-state index in [1.807, 2.05) is 26.1 Å². The van der Waals surface area contributed by atoms with Crippen LogP contribution in [0, 0.1) is 5.92 Å². The normalized spacial score (nSPS) is 13.9. The van der Waals surface area contributed by atoms with Crippen LogP contribution in [0.5, 0.6) is 0 Å². The summed E-state index contributed by atoms with van der Waals surface area (Å²) in [6.07, 6.45) is 9.16. The van der Waals surface area contributed by atoms with E-state index in [9.17, 15) is 0 Å². The summed E-state index contributed by atoms with van der Waals surface area (Å²) in [6, 6.07) is 0. The summed E-state index contributed by atoms with van der Waals surface area (Å²) in [7, 11) is 0. The lowest BCUT2D eigenvalue weighted by Crippen LogP contribution is -2.10. The van der Waals surface area contributed by atoms with Gasteiger partial charge in [-0.2, -0.15) is 0 Å². The summed E-state index contributed by atoms with van der Waals surface area (Å²) >= 11 is 0. The highest BCUT2D eigenvalue weighted by Crippen LogP contribution is 2.10. The molecule has 0 amide bonds. The largest absolute Gasteiger partial charge is 0.366 e. The highest BCUT2D eigenvalue weighted by Gasteiger charge is 2.01. The summed E-state index contributed by atoms with van der Waals surface area (Å²) in [5.74, 6) is 0.498. The van der Waals surface area contributed by atoms with Crippen LogP contribution in [0.4, 0.5) is 0 Å². The van der Waals surface area contributed by atoms with Crippen LogP contribution in [0.3, 0.4) is 0 Å². The lowest BCUT2D eigenvalue weighted by Gasteiger charge is -2.11. The predicted octanol–water partition coefficient (Wildman–Crippen LogP) is 3.23. The van der Waals surface area contributed by atoms with E-state index in [1.165, 1.54) is 0 Å². The molecule has 0 heterocycles. The molecule has 1 unspecified atom stereocenters. The molecule has 0 aliphatic carbocycles. The second-order valence-electron chi connectivity index (χ2n) is 2.88. The molecule has 0 saturated heterocycles. The molecule has 0 aliphatic heterocycles. The van der Waals surface area contributed by atoms with Crippen molar-refractivity contribution in [2.45, 2.75) is 27.2 Å². The Labute approximate surface area is 75.9 Å². The van der Waals surface area contributed by atoms with Crippen molar-refractivity contribution in [3.8, 4) is 0 Å². The van der Waals surface area contributed by atoms with Gasteiger partial charge in [-0.05, 0) is 32.4 Å². The summed E-state index contributed by atoms with van der Waals surface area (Å²) in [4.78, 5) is 0. The van der Waals surface area contributed by atoms with Crippen molar-refractivity contribution < 1.29 is 0 Å². The fraction of sp³-hybridized carbons (Fsp3) is 0.455. The van der Waals surface area contributed by atoms with E-state index in [2.05, 4.69) is 31.0 Å². The van der Waals surface area contributed by atoms with Gasteiger partial charge in [0, 0.05) is 5.70 Å². The maximum Gasteiger partial charge on any atom is 0.0105 e. The molecule has 0 aromatic rings. The van der Waals surface area contributed by atoms with E-state index in [0.717, 1.165) is 12.1 Å². The third-order valence-corrected chi connectivity index (χ3v) is 1.76. The van der Waals surface area contributed by atoms with Gasteiger partial charge in [0.05, 0.1) is 0 Å². The van der Waals surface area contributed by atoms with Crippen molar-refractivity contribution in [3.63, 3.8) is 0 Å². The molecular formula is C11H19N. The molecule has 0 rings (SSSR count). The van der Waals surface area contributed by atoms with Gasteiger partial charge in [0.15, 0.2) is 0 Å². The van der Waals surface area contributed by atoms with Gasteiger partial charge in [-0.1, -0.05) is 31.7 Å². The fourth-order valence-electron chi connectivity index (χ4n) is 0.815. The molecule has 1 heteroatoms. The summed E-state index contributed by atoms with van der Waals surface area (Å²) < 4.78 is 0. The van der Waals surface area contributed by atoms with Crippen LogP contribution < -0.4 is 5.32 Å². The Bertz CT molecular complexity index is 177. The molecule has 1 atom stereocenters. The Balaban J connectivity index is 3.76. The van der Waals surface area contributed by atoms with Crippen LogP contribution in [0.25, 0.3) is 0 Å². The van der Waals surface area contributed by atoms with E-state index >= 15 is 0 Å². The smallest absolute Gasteiger partial charge is 0.0105 e. The van der Waals surface area contributed by atoms with Gasteiger partial charge in [-0.25, -0.2) is 0 Å². The van der Waals surface area contributed by atoms with Crippen molar-refractivity contribution in [2.75, 3.05) is 0 Å². The van der Waals surface area contributed by atoms with E-state index in [0.29, 0.717) is 5.92 Å². The molecule has 0 saturated carbocycles. The Morgan fingerprint density at radius 1 is 1.42 bits per heavy atom. The molecule has 0 aromatic heterocycles. The predicted molar refractivity (Wildman–Crippen MR) is 55.7 cm³/mol. The van der Waals surface area contributed by atoms with E-state index in [4.69, 9.17) is 0 Å². The van der Waals surface area contributed by atoms with Gasteiger partial charge in [-0.15, -0.1) is 0 Å². The van der Waals surface area contributed by atoms with E-state index in [-0.39, 0.29) is 0 Å². The van der Waals surface area contributed by atoms with Crippen molar-refractivity contribution in [2.24, 2.45) is 5.92 Å². The van der Waals surface area contributed by atoms with E-state index < -0.39 is 0 Å². The highest BCUT2D eigenvalue weighted by atomic mass is 14.8. The van der Waals surface area contributed by atoms with Gasteiger partial charge in [0.1, 0.15) is 0 Å². The Kier molecular flexibility index (Phi) is 6.16. The minimum atomic E-state index is 0.498. The first-order chi connectivity index (χ1) is 5.72. The van der Waals surface area contributed by atoms with Crippen LogP contribution >= 0.6 is 0 Å². The number of hydrogen-bond acceptors (Lipinski definition) is 1. The van der Waals surface area contributed by atoms with Crippen molar-refractivity contribution >= 4 is 0 Å². The van der Waals surface area contributed by atoms with Crippen LogP contribution in [0.15, 0.2) is 36.7 Å². The zero-order valence-electron chi connectivity index (χ0n) is 8.30. The molecule has 0 fully saturated rings. The standard InChI is InChI=1S/C11H19N/c1-5-7-8-10(3)11(4)12-9-6-2/h5-7,9-10,12H,4,8H2,1-3H3/b7-5-,9-6+. The van der Waals surface area contributed by atoms with E-state index in [1.54, 1.807) is 0 Å². The van der Waals surface area contributed by atoms with Crippen molar-refractivity contribution in [1.29, 1.82) is 0 Å². The monoisotopic (exact) mass is 165 g/mol. The molecule has 12 heavy (non-hydrogen) atoms. The maximum absolute atomic E-state index is 3.95. The number of hydrogen-bond donors (Lipinski definition) is 1. The first kappa shape index (κ1) is 11.0. The second-order valence-corrected chi connectivity index (χ2v) is 2.88. The molecule has 0 aromatic carbocycles. The number of nitrogens with one attached hydrogen (secondary N) is 1. The number of rotatable bonds is 5. The summed E-state index contributed by atoms with van der Waals surface area (Å²) in [5.41, 5.74) is 1.08. The van der Waals surface area contributed by atoms with Crippen LogP contribution in [0.1, 0.15) is 27.2 Å². The Hall–Kier alpha value is -0.980. The SMILES string of the molecule is C=C(N/C=C/C)C(C)C/C=C\C. The van der Waals surface area contributed by atoms with Gasteiger partial charge in [-0.3, -0.25) is 0 Å². The zero-order valence-corrected chi connectivity index (χ0v) is 8.30. The van der Waals surface area contributed by atoms with Gasteiger partial charge in [0.25, 0.3) is 0 Å². The van der Waals surface area contributed by atoms with Crippen LogP contribution in [0.2, 0.25) is 0 Å². The summed E-state index contributed by atoms with van der Waals surface area (Å²) in [5, 5.41) is 3.13. The fourth-order valence-corrected chi connectivity index (χ4v) is 0.815.